The highest BCUT2D eigenvalue weighted by atomic mass is 35.5. The highest BCUT2D eigenvalue weighted by molar-refractivity contribution is 6.30. The van der Waals surface area contributed by atoms with Crippen molar-refractivity contribution in [3.63, 3.8) is 0 Å². The van der Waals surface area contributed by atoms with Gasteiger partial charge in [0, 0.05) is 31.2 Å². The second-order valence-electron chi connectivity index (χ2n) is 8.67. The van der Waals surface area contributed by atoms with E-state index >= 15 is 0 Å². The predicted molar refractivity (Wildman–Crippen MR) is 128 cm³/mol. The zero-order chi connectivity index (χ0) is 24.2. The number of nitrogens with one attached hydrogen (secondary N) is 2. The molecular weight excluding hydrogens is 458 g/mol. The molecule has 2 aromatic rings. The average Bonchev–Trinajstić information content (AvgIpc) is 2.81. The summed E-state index contributed by atoms with van der Waals surface area (Å²) in [5.41, 5.74) is 1.91. The van der Waals surface area contributed by atoms with E-state index in [0.717, 1.165) is 5.56 Å². The fraction of sp³-hybridized carbons (Fsp3) is 0.400. The Labute approximate surface area is 203 Å². The van der Waals surface area contributed by atoms with Gasteiger partial charge in [-0.25, -0.2) is 0 Å². The van der Waals surface area contributed by atoms with E-state index in [1.165, 1.54) is 6.92 Å². The number of halogens is 1. The molecule has 1 fully saturated rings. The molecule has 0 aliphatic carbocycles. The molecule has 34 heavy (non-hydrogen) atoms. The standard InChI is InChI=1S/C25H28ClN3O5/c1-15(30)28-18-7-10-22-20(11-18)25(32)29(2)21-9-8-19(34-23(21)14-33-22)12-24(31)27-13-16-3-5-17(26)6-4-16/h3-7,10-11,19,21,23H,8-9,12-14H2,1-2H3,(H,27,31)(H,28,30)/t19-,21+,23-/m1/s1. The van der Waals surface area contributed by atoms with Gasteiger partial charge >= 0.3 is 0 Å². The minimum atomic E-state index is -0.347. The van der Waals surface area contributed by atoms with E-state index in [1.54, 1.807) is 42.3 Å². The number of hydrogen-bond acceptors (Lipinski definition) is 5. The Morgan fingerprint density at radius 2 is 1.91 bits per heavy atom. The van der Waals surface area contributed by atoms with Gasteiger partial charge in [0.05, 0.1) is 24.1 Å². The molecule has 2 aromatic carbocycles. The van der Waals surface area contributed by atoms with Crippen LogP contribution in [0.15, 0.2) is 42.5 Å². The van der Waals surface area contributed by atoms with Gasteiger partial charge in [0.15, 0.2) is 0 Å². The molecule has 1 saturated heterocycles. The zero-order valence-corrected chi connectivity index (χ0v) is 19.9. The Kier molecular flexibility index (Phi) is 7.38. The first kappa shape index (κ1) is 24.0. The topological polar surface area (TPSA) is 97.0 Å². The molecule has 0 spiro atoms. The van der Waals surface area contributed by atoms with E-state index in [9.17, 15) is 14.4 Å². The Hall–Kier alpha value is -3.10. The van der Waals surface area contributed by atoms with Gasteiger partial charge in [0.2, 0.25) is 11.8 Å². The van der Waals surface area contributed by atoms with Crippen LogP contribution in [0.2, 0.25) is 5.02 Å². The highest BCUT2D eigenvalue weighted by Crippen LogP contribution is 2.32. The van der Waals surface area contributed by atoms with Crippen molar-refractivity contribution in [1.29, 1.82) is 0 Å². The summed E-state index contributed by atoms with van der Waals surface area (Å²) < 4.78 is 12.2. The van der Waals surface area contributed by atoms with E-state index in [-0.39, 0.29) is 49.0 Å². The molecule has 0 saturated carbocycles. The van der Waals surface area contributed by atoms with Gasteiger partial charge in [-0.15, -0.1) is 0 Å². The molecule has 2 heterocycles. The third kappa shape index (κ3) is 5.69. The Morgan fingerprint density at radius 1 is 1.15 bits per heavy atom. The molecule has 9 heteroatoms. The number of carbonyl (C=O) groups is 3. The lowest BCUT2D eigenvalue weighted by molar-refractivity contribution is -0.134. The number of nitrogens with zero attached hydrogens (tertiary/aromatic N) is 1. The minimum absolute atomic E-state index is 0.0922. The Bertz CT molecular complexity index is 1070. The van der Waals surface area contributed by atoms with E-state index in [0.29, 0.717) is 41.4 Å². The SMILES string of the molecule is CC(=O)Nc1ccc2c(c1)C(=O)N(C)[C@H]1CC[C@H](CC(=O)NCc3ccc(Cl)cc3)O[C@@H]1CO2. The molecule has 180 valence electrons. The van der Waals surface area contributed by atoms with Gasteiger partial charge < -0.3 is 25.0 Å². The van der Waals surface area contributed by atoms with Crippen molar-refractivity contribution in [3.8, 4) is 5.75 Å². The molecule has 3 amide bonds. The molecule has 3 atom stereocenters. The predicted octanol–water partition coefficient (Wildman–Crippen LogP) is 3.39. The van der Waals surface area contributed by atoms with Crippen molar-refractivity contribution >= 4 is 35.0 Å². The minimum Gasteiger partial charge on any atom is -0.490 e. The number of benzene rings is 2. The quantitative estimate of drug-likeness (QED) is 0.676. The third-order valence-electron chi connectivity index (χ3n) is 6.15. The van der Waals surface area contributed by atoms with Crippen LogP contribution in [0.5, 0.6) is 5.75 Å². The van der Waals surface area contributed by atoms with Gasteiger partial charge in [0.1, 0.15) is 18.5 Å². The molecule has 0 bridgehead atoms. The van der Waals surface area contributed by atoms with E-state index in [4.69, 9.17) is 21.1 Å². The number of fused-ring (bicyclic) bond motifs is 2. The number of hydrogen-bond donors (Lipinski definition) is 2. The smallest absolute Gasteiger partial charge is 0.257 e. The maximum atomic E-state index is 13.2. The molecule has 2 N–H and O–H groups in total. The van der Waals surface area contributed by atoms with Crippen molar-refractivity contribution in [2.24, 2.45) is 0 Å². The summed E-state index contributed by atoms with van der Waals surface area (Å²) in [7, 11) is 1.75. The van der Waals surface area contributed by atoms with Gasteiger partial charge in [-0.2, -0.15) is 0 Å². The first-order valence-electron chi connectivity index (χ1n) is 11.3. The van der Waals surface area contributed by atoms with Gasteiger partial charge in [-0.3, -0.25) is 14.4 Å². The Morgan fingerprint density at radius 3 is 2.65 bits per heavy atom. The summed E-state index contributed by atoms with van der Waals surface area (Å²) in [6.45, 7) is 2.10. The fourth-order valence-corrected chi connectivity index (χ4v) is 4.52. The average molecular weight is 486 g/mol. The van der Waals surface area contributed by atoms with Gasteiger partial charge in [0.25, 0.3) is 5.91 Å². The summed E-state index contributed by atoms with van der Waals surface area (Å²) in [6, 6.07) is 12.2. The highest BCUT2D eigenvalue weighted by Gasteiger charge is 2.39. The molecular formula is C25H28ClN3O5. The van der Waals surface area contributed by atoms with Crippen LogP contribution >= 0.6 is 11.6 Å². The number of ether oxygens (including phenoxy) is 2. The first-order valence-corrected chi connectivity index (χ1v) is 11.7. The second kappa shape index (κ2) is 10.4. The third-order valence-corrected chi connectivity index (χ3v) is 6.40. The number of amides is 3. The van der Waals surface area contributed by atoms with Crippen molar-refractivity contribution in [1.82, 2.24) is 10.2 Å². The van der Waals surface area contributed by atoms with Crippen molar-refractivity contribution in [2.45, 2.75) is 51.0 Å². The maximum absolute atomic E-state index is 13.2. The molecule has 0 radical (unpaired) electrons. The van der Waals surface area contributed by atoms with Crippen LogP contribution in [0.4, 0.5) is 5.69 Å². The number of rotatable bonds is 5. The lowest BCUT2D eigenvalue weighted by Gasteiger charge is -2.42. The number of carbonyl (C=O) groups excluding carboxylic acids is 3. The molecule has 4 rings (SSSR count). The fourth-order valence-electron chi connectivity index (χ4n) is 4.39. The van der Waals surface area contributed by atoms with Crippen molar-refractivity contribution < 1.29 is 23.9 Å². The maximum Gasteiger partial charge on any atom is 0.257 e. The largest absolute Gasteiger partial charge is 0.490 e. The lowest BCUT2D eigenvalue weighted by Crippen LogP contribution is -2.53. The number of anilines is 1. The lowest BCUT2D eigenvalue weighted by atomic mass is 9.94. The summed E-state index contributed by atoms with van der Waals surface area (Å²) >= 11 is 5.90. The van der Waals surface area contributed by atoms with Crippen LogP contribution in [-0.4, -0.2) is 54.5 Å². The zero-order valence-electron chi connectivity index (χ0n) is 19.2. The first-order chi connectivity index (χ1) is 16.3. The van der Waals surface area contributed by atoms with E-state index < -0.39 is 0 Å². The summed E-state index contributed by atoms with van der Waals surface area (Å²) in [4.78, 5) is 38.7. The molecule has 0 aromatic heterocycles. The monoisotopic (exact) mass is 485 g/mol. The van der Waals surface area contributed by atoms with Crippen LogP contribution in [0.3, 0.4) is 0 Å². The van der Waals surface area contributed by atoms with Crippen LogP contribution in [0.1, 0.15) is 42.1 Å². The van der Waals surface area contributed by atoms with Crippen LogP contribution < -0.4 is 15.4 Å². The molecule has 0 unspecified atom stereocenters. The molecule has 8 nitrogen and oxygen atoms in total. The van der Waals surface area contributed by atoms with E-state index in [1.807, 2.05) is 12.1 Å². The van der Waals surface area contributed by atoms with Crippen LogP contribution in [0.25, 0.3) is 0 Å². The van der Waals surface area contributed by atoms with Crippen molar-refractivity contribution in [3.05, 3.63) is 58.6 Å². The van der Waals surface area contributed by atoms with Crippen LogP contribution in [-0.2, 0) is 20.9 Å². The summed E-state index contributed by atoms with van der Waals surface area (Å²) in [5.74, 6) is -0.0579. The normalized spacial score (nSPS) is 21.9. The van der Waals surface area contributed by atoms with Gasteiger partial charge in [-0.1, -0.05) is 23.7 Å². The Balaban J connectivity index is 1.38. The number of likely N-dealkylation sites (N-methyl/N-ethyl adjacent to an activating group) is 1. The van der Waals surface area contributed by atoms with Crippen LogP contribution in [0, 0.1) is 0 Å². The molecule has 2 aliphatic heterocycles. The summed E-state index contributed by atoms with van der Waals surface area (Å²) in [6.07, 6.45) is 1.00. The second-order valence-corrected chi connectivity index (χ2v) is 9.10. The summed E-state index contributed by atoms with van der Waals surface area (Å²) in [5, 5.41) is 6.27. The van der Waals surface area contributed by atoms with Gasteiger partial charge in [-0.05, 0) is 48.7 Å². The molecule has 2 aliphatic rings. The van der Waals surface area contributed by atoms with Crippen molar-refractivity contribution in [2.75, 3.05) is 19.0 Å². The van der Waals surface area contributed by atoms with E-state index in [2.05, 4.69) is 10.6 Å².